The van der Waals surface area contributed by atoms with E-state index in [1.165, 1.54) is 0 Å². The molecular formula is C11H12ClN5O. The third-order valence-corrected chi connectivity index (χ3v) is 3.12. The zero-order valence-corrected chi connectivity index (χ0v) is 10.3. The Hall–Kier alpha value is -1.91. The number of azide groups is 1. The molecular weight excluding hydrogens is 254 g/mol. The minimum absolute atomic E-state index is 0.0119. The number of hydrogen-bond acceptors (Lipinski definition) is 3. The molecule has 0 aromatic heterocycles. The van der Waals surface area contributed by atoms with Gasteiger partial charge in [-0.3, -0.25) is 4.79 Å². The first-order valence-corrected chi connectivity index (χ1v) is 5.86. The number of anilines is 2. The topological polar surface area (TPSA) is 95.1 Å². The van der Waals surface area contributed by atoms with Gasteiger partial charge in [-0.2, -0.15) is 0 Å². The van der Waals surface area contributed by atoms with Gasteiger partial charge in [0.25, 0.3) is 0 Å². The molecule has 94 valence electrons. The van der Waals surface area contributed by atoms with Gasteiger partial charge in [-0.25, -0.2) is 0 Å². The second-order valence-corrected chi connectivity index (χ2v) is 4.63. The number of carbonyl (C=O) groups is 1. The van der Waals surface area contributed by atoms with Crippen molar-refractivity contribution in [1.29, 1.82) is 0 Å². The van der Waals surface area contributed by atoms with Gasteiger partial charge in [0.15, 0.2) is 0 Å². The van der Waals surface area contributed by atoms with Crippen LogP contribution in [0.5, 0.6) is 0 Å². The second-order valence-electron chi connectivity index (χ2n) is 4.19. The number of nitrogens with zero attached hydrogens (tertiary/aromatic N) is 4. The van der Waals surface area contributed by atoms with Gasteiger partial charge in [-0.05, 0) is 29.6 Å². The Labute approximate surface area is 109 Å². The van der Waals surface area contributed by atoms with Gasteiger partial charge >= 0.3 is 0 Å². The number of benzene rings is 1. The summed E-state index contributed by atoms with van der Waals surface area (Å²) in [7, 11) is 0. The number of halogens is 1. The molecule has 7 heteroatoms. The first kappa shape index (κ1) is 12.5. The Morgan fingerprint density at radius 1 is 1.61 bits per heavy atom. The number of amides is 1. The zero-order valence-electron chi connectivity index (χ0n) is 9.58. The van der Waals surface area contributed by atoms with E-state index in [0.29, 0.717) is 35.9 Å². The molecule has 1 saturated heterocycles. The summed E-state index contributed by atoms with van der Waals surface area (Å²) < 4.78 is 0. The van der Waals surface area contributed by atoms with Gasteiger partial charge in [0.2, 0.25) is 5.91 Å². The van der Waals surface area contributed by atoms with E-state index in [1.54, 1.807) is 23.1 Å². The lowest BCUT2D eigenvalue weighted by Crippen LogP contribution is -2.25. The van der Waals surface area contributed by atoms with E-state index in [4.69, 9.17) is 22.9 Å². The van der Waals surface area contributed by atoms with Crippen LogP contribution in [0.1, 0.15) is 6.42 Å². The number of nitrogen functional groups attached to an aromatic ring is 1. The Balaban J connectivity index is 2.18. The van der Waals surface area contributed by atoms with E-state index in [0.717, 1.165) is 0 Å². The number of rotatable bonds is 3. The van der Waals surface area contributed by atoms with Gasteiger partial charge in [0.05, 0.1) is 11.4 Å². The Morgan fingerprint density at radius 3 is 3.06 bits per heavy atom. The van der Waals surface area contributed by atoms with Crippen molar-refractivity contribution >= 4 is 28.9 Å². The Kier molecular flexibility index (Phi) is 3.60. The van der Waals surface area contributed by atoms with Gasteiger partial charge in [-0.15, -0.1) is 0 Å². The average molecular weight is 266 g/mol. The molecule has 1 amide bonds. The lowest BCUT2D eigenvalue weighted by Gasteiger charge is -2.18. The fourth-order valence-electron chi connectivity index (χ4n) is 2.06. The average Bonchev–Trinajstić information content (AvgIpc) is 2.68. The van der Waals surface area contributed by atoms with Crippen LogP contribution in [-0.2, 0) is 4.79 Å². The summed E-state index contributed by atoms with van der Waals surface area (Å²) in [4.78, 5) is 16.2. The molecule has 0 radical (unpaired) electrons. The van der Waals surface area contributed by atoms with Crippen LogP contribution in [0.2, 0.25) is 5.02 Å². The summed E-state index contributed by atoms with van der Waals surface area (Å²) in [6, 6.07) is 5.04. The van der Waals surface area contributed by atoms with Crippen molar-refractivity contribution < 1.29 is 4.79 Å². The predicted molar refractivity (Wildman–Crippen MR) is 70.3 cm³/mol. The summed E-state index contributed by atoms with van der Waals surface area (Å²) in [5.41, 5.74) is 15.3. The van der Waals surface area contributed by atoms with Gasteiger partial charge in [0, 0.05) is 29.4 Å². The highest BCUT2D eigenvalue weighted by Crippen LogP contribution is 2.31. The van der Waals surface area contributed by atoms with E-state index in [9.17, 15) is 4.79 Å². The minimum Gasteiger partial charge on any atom is -0.397 e. The number of nitrogens with two attached hydrogens (primary N) is 1. The maximum atomic E-state index is 11.9. The normalized spacial score (nSPS) is 18.8. The molecule has 1 aromatic rings. The lowest BCUT2D eigenvalue weighted by molar-refractivity contribution is -0.117. The molecule has 0 bridgehead atoms. The largest absolute Gasteiger partial charge is 0.397 e. The highest BCUT2D eigenvalue weighted by Gasteiger charge is 2.30. The summed E-state index contributed by atoms with van der Waals surface area (Å²) in [6.07, 6.45) is 0.376. The van der Waals surface area contributed by atoms with Crippen LogP contribution in [0.25, 0.3) is 10.4 Å². The molecule has 18 heavy (non-hydrogen) atoms. The van der Waals surface area contributed by atoms with E-state index >= 15 is 0 Å². The maximum absolute atomic E-state index is 11.9. The Bertz CT molecular complexity index is 526. The Morgan fingerprint density at radius 2 is 2.39 bits per heavy atom. The molecule has 0 aliphatic carbocycles. The summed E-state index contributed by atoms with van der Waals surface area (Å²) >= 11 is 5.82. The van der Waals surface area contributed by atoms with Crippen LogP contribution in [0, 0.1) is 5.92 Å². The van der Waals surface area contributed by atoms with Crippen molar-refractivity contribution in [3.63, 3.8) is 0 Å². The molecule has 2 rings (SSSR count). The van der Waals surface area contributed by atoms with Gasteiger partial charge in [0.1, 0.15) is 0 Å². The lowest BCUT2D eigenvalue weighted by atomic mass is 10.1. The van der Waals surface area contributed by atoms with Crippen molar-refractivity contribution in [3.8, 4) is 0 Å². The number of carbonyl (C=O) groups excluding carboxylic acids is 1. The van der Waals surface area contributed by atoms with E-state index in [-0.39, 0.29) is 11.8 Å². The van der Waals surface area contributed by atoms with E-state index in [2.05, 4.69) is 10.0 Å². The first-order valence-electron chi connectivity index (χ1n) is 5.48. The monoisotopic (exact) mass is 265 g/mol. The first-order chi connectivity index (χ1) is 8.61. The third-order valence-electron chi connectivity index (χ3n) is 2.89. The van der Waals surface area contributed by atoms with Crippen LogP contribution in [-0.4, -0.2) is 19.0 Å². The molecule has 1 aliphatic rings. The standard InChI is InChI=1S/C11H12ClN5O/c12-8-1-2-10(9(13)4-8)17-6-7(3-11(17)18)5-15-16-14/h1-2,4,7H,3,5-6,13H2. The highest BCUT2D eigenvalue weighted by molar-refractivity contribution is 6.31. The molecule has 1 aliphatic heterocycles. The predicted octanol–water partition coefficient (Wildman–Crippen LogP) is 2.59. The third kappa shape index (κ3) is 2.50. The molecule has 2 N–H and O–H groups in total. The van der Waals surface area contributed by atoms with Crippen LogP contribution in [0.15, 0.2) is 23.3 Å². The van der Waals surface area contributed by atoms with Crippen LogP contribution in [0.3, 0.4) is 0 Å². The SMILES string of the molecule is [N-]=[N+]=NCC1CC(=O)N(c2ccc(Cl)cc2N)C1. The summed E-state index contributed by atoms with van der Waals surface area (Å²) in [6.45, 7) is 0.843. The maximum Gasteiger partial charge on any atom is 0.227 e. The highest BCUT2D eigenvalue weighted by atomic mass is 35.5. The molecule has 1 aromatic carbocycles. The van der Waals surface area contributed by atoms with Crippen molar-refractivity contribution in [1.82, 2.24) is 0 Å². The van der Waals surface area contributed by atoms with Crippen LogP contribution < -0.4 is 10.6 Å². The molecule has 0 spiro atoms. The van der Waals surface area contributed by atoms with Gasteiger partial charge < -0.3 is 10.6 Å². The van der Waals surface area contributed by atoms with Crippen LogP contribution >= 0.6 is 11.6 Å². The van der Waals surface area contributed by atoms with E-state index in [1.807, 2.05) is 0 Å². The van der Waals surface area contributed by atoms with Crippen LogP contribution in [0.4, 0.5) is 11.4 Å². The van der Waals surface area contributed by atoms with Crippen molar-refractivity contribution in [2.75, 3.05) is 23.7 Å². The molecule has 1 unspecified atom stereocenters. The fourth-order valence-corrected chi connectivity index (χ4v) is 2.24. The summed E-state index contributed by atoms with van der Waals surface area (Å²) in [5.74, 6) is 0.0330. The molecule has 6 nitrogen and oxygen atoms in total. The van der Waals surface area contributed by atoms with Gasteiger partial charge in [-0.1, -0.05) is 16.7 Å². The number of hydrogen-bond donors (Lipinski definition) is 1. The molecule has 1 heterocycles. The second kappa shape index (κ2) is 5.16. The molecule has 0 saturated carbocycles. The zero-order chi connectivity index (χ0) is 13.1. The summed E-state index contributed by atoms with van der Waals surface area (Å²) in [5, 5.41) is 4.04. The smallest absolute Gasteiger partial charge is 0.227 e. The quantitative estimate of drug-likeness (QED) is 0.393. The van der Waals surface area contributed by atoms with E-state index < -0.39 is 0 Å². The molecule has 1 atom stereocenters. The minimum atomic E-state index is -0.0119. The molecule has 1 fully saturated rings. The van der Waals surface area contributed by atoms with Crippen molar-refractivity contribution in [3.05, 3.63) is 33.7 Å². The fraction of sp³-hybridized carbons (Fsp3) is 0.364. The van der Waals surface area contributed by atoms with Crippen molar-refractivity contribution in [2.24, 2.45) is 11.0 Å². The van der Waals surface area contributed by atoms with Crippen molar-refractivity contribution in [2.45, 2.75) is 6.42 Å².